The van der Waals surface area contributed by atoms with Crippen LogP contribution in [-0.4, -0.2) is 5.11 Å². The molecular weight excluding hydrogens is 169 g/mol. The minimum Gasteiger partial charge on any atom is -0.508 e. The molecule has 0 amide bonds. The monoisotopic (exact) mass is 179 g/mol. The number of hydrogen-bond acceptors (Lipinski definition) is 2. The first-order valence-electron chi connectivity index (χ1n) is 3.95. The standard InChI is InChI=1S/C10H10FNO/c1-6-3-4-8(13)9(10(6)11)7(2)5-12/h3-4,7,13H,1-2H3. The van der Waals surface area contributed by atoms with E-state index in [4.69, 9.17) is 5.26 Å². The first kappa shape index (κ1) is 9.53. The number of rotatable bonds is 1. The second-order valence-electron chi connectivity index (χ2n) is 2.98. The molecule has 1 atom stereocenters. The van der Waals surface area contributed by atoms with Crippen LogP contribution in [-0.2, 0) is 0 Å². The molecule has 0 saturated heterocycles. The minimum atomic E-state index is -0.625. The van der Waals surface area contributed by atoms with Gasteiger partial charge < -0.3 is 5.11 Å². The van der Waals surface area contributed by atoms with Crippen molar-refractivity contribution in [3.8, 4) is 11.8 Å². The van der Waals surface area contributed by atoms with E-state index in [1.54, 1.807) is 13.8 Å². The molecule has 0 aliphatic carbocycles. The van der Waals surface area contributed by atoms with E-state index in [0.29, 0.717) is 5.56 Å². The van der Waals surface area contributed by atoms with Gasteiger partial charge in [0, 0.05) is 5.56 Å². The molecule has 1 aromatic rings. The molecule has 0 bridgehead atoms. The zero-order chi connectivity index (χ0) is 10.0. The van der Waals surface area contributed by atoms with Crippen molar-refractivity contribution in [1.29, 1.82) is 5.26 Å². The number of aryl methyl sites for hydroxylation is 1. The molecule has 68 valence electrons. The van der Waals surface area contributed by atoms with Crippen molar-refractivity contribution in [2.45, 2.75) is 19.8 Å². The van der Waals surface area contributed by atoms with Gasteiger partial charge in [0.25, 0.3) is 0 Å². The first-order chi connectivity index (χ1) is 6.07. The van der Waals surface area contributed by atoms with Crippen LogP contribution in [0.2, 0.25) is 0 Å². The lowest BCUT2D eigenvalue weighted by atomic mass is 9.99. The fourth-order valence-electron chi connectivity index (χ4n) is 1.17. The summed E-state index contributed by atoms with van der Waals surface area (Å²) in [4.78, 5) is 0. The molecule has 0 aliphatic heterocycles. The maximum absolute atomic E-state index is 13.4. The highest BCUT2D eigenvalue weighted by atomic mass is 19.1. The Labute approximate surface area is 76.2 Å². The summed E-state index contributed by atoms with van der Waals surface area (Å²) in [6.45, 7) is 3.15. The molecule has 0 radical (unpaired) electrons. The van der Waals surface area contributed by atoms with Gasteiger partial charge in [-0.3, -0.25) is 0 Å². The Hall–Kier alpha value is -1.56. The molecule has 0 aliphatic rings. The SMILES string of the molecule is Cc1ccc(O)c(C(C)C#N)c1F. The Morgan fingerprint density at radius 1 is 1.54 bits per heavy atom. The summed E-state index contributed by atoms with van der Waals surface area (Å²) in [5.41, 5.74) is 0.525. The van der Waals surface area contributed by atoms with E-state index < -0.39 is 11.7 Å². The maximum atomic E-state index is 13.4. The molecule has 0 saturated carbocycles. The van der Waals surface area contributed by atoms with Crippen molar-refractivity contribution in [3.63, 3.8) is 0 Å². The van der Waals surface area contributed by atoms with Gasteiger partial charge in [0.15, 0.2) is 0 Å². The van der Waals surface area contributed by atoms with Crippen LogP contribution in [0.4, 0.5) is 4.39 Å². The Bertz CT molecular complexity index is 368. The van der Waals surface area contributed by atoms with Crippen molar-refractivity contribution in [2.24, 2.45) is 0 Å². The summed E-state index contributed by atoms with van der Waals surface area (Å²) in [5, 5.41) is 17.9. The van der Waals surface area contributed by atoms with Gasteiger partial charge in [-0.05, 0) is 25.5 Å². The smallest absolute Gasteiger partial charge is 0.134 e. The van der Waals surface area contributed by atoms with E-state index in [-0.39, 0.29) is 11.3 Å². The average molecular weight is 179 g/mol. The average Bonchev–Trinajstić information content (AvgIpc) is 2.12. The van der Waals surface area contributed by atoms with E-state index in [9.17, 15) is 9.50 Å². The molecule has 0 fully saturated rings. The number of nitriles is 1. The highest BCUT2D eigenvalue weighted by molar-refractivity contribution is 5.41. The lowest BCUT2D eigenvalue weighted by Crippen LogP contribution is -1.97. The summed E-state index contributed by atoms with van der Waals surface area (Å²) in [7, 11) is 0. The predicted molar refractivity (Wildman–Crippen MR) is 46.8 cm³/mol. The summed E-state index contributed by atoms with van der Waals surface area (Å²) < 4.78 is 13.4. The summed E-state index contributed by atoms with van der Waals surface area (Å²) in [6.07, 6.45) is 0. The number of phenols is 1. The van der Waals surface area contributed by atoms with Gasteiger partial charge in [0.1, 0.15) is 11.6 Å². The highest BCUT2D eigenvalue weighted by Gasteiger charge is 2.16. The van der Waals surface area contributed by atoms with Gasteiger partial charge in [0.2, 0.25) is 0 Å². The van der Waals surface area contributed by atoms with Crippen LogP contribution in [0.1, 0.15) is 24.0 Å². The second kappa shape index (κ2) is 3.44. The number of aromatic hydroxyl groups is 1. The Balaban J connectivity index is 3.35. The van der Waals surface area contributed by atoms with Crippen LogP contribution < -0.4 is 0 Å². The predicted octanol–water partition coefficient (Wildman–Crippen LogP) is 2.47. The molecule has 0 heterocycles. The highest BCUT2D eigenvalue weighted by Crippen LogP contribution is 2.29. The molecular formula is C10H10FNO. The quantitative estimate of drug-likeness (QED) is 0.719. The number of nitrogens with zero attached hydrogens (tertiary/aromatic N) is 1. The van der Waals surface area contributed by atoms with Crippen LogP contribution in [0, 0.1) is 24.1 Å². The molecule has 13 heavy (non-hydrogen) atoms. The number of phenolic OH excluding ortho intramolecular Hbond substituents is 1. The molecule has 1 aromatic carbocycles. The zero-order valence-electron chi connectivity index (χ0n) is 7.50. The van der Waals surface area contributed by atoms with Gasteiger partial charge in [-0.2, -0.15) is 5.26 Å². The van der Waals surface area contributed by atoms with Gasteiger partial charge in [0.05, 0.1) is 12.0 Å². The lowest BCUT2D eigenvalue weighted by Gasteiger charge is -2.08. The van der Waals surface area contributed by atoms with Gasteiger partial charge in [-0.25, -0.2) is 4.39 Å². The van der Waals surface area contributed by atoms with Gasteiger partial charge in [-0.15, -0.1) is 0 Å². The molecule has 1 unspecified atom stereocenters. The van der Waals surface area contributed by atoms with Crippen LogP contribution in [0.5, 0.6) is 5.75 Å². The van der Waals surface area contributed by atoms with E-state index >= 15 is 0 Å². The molecule has 0 aromatic heterocycles. The van der Waals surface area contributed by atoms with E-state index in [0.717, 1.165) is 0 Å². The summed E-state index contributed by atoms with van der Waals surface area (Å²) >= 11 is 0. The Morgan fingerprint density at radius 2 is 2.15 bits per heavy atom. The van der Waals surface area contributed by atoms with Crippen molar-refractivity contribution < 1.29 is 9.50 Å². The largest absolute Gasteiger partial charge is 0.508 e. The zero-order valence-corrected chi connectivity index (χ0v) is 7.50. The molecule has 0 spiro atoms. The normalized spacial score (nSPS) is 12.2. The van der Waals surface area contributed by atoms with Crippen molar-refractivity contribution >= 4 is 0 Å². The third-order valence-corrected chi connectivity index (χ3v) is 1.98. The molecule has 1 rings (SSSR count). The van der Waals surface area contributed by atoms with Crippen molar-refractivity contribution in [2.75, 3.05) is 0 Å². The van der Waals surface area contributed by atoms with E-state index in [2.05, 4.69) is 0 Å². The number of benzene rings is 1. The van der Waals surface area contributed by atoms with E-state index in [1.165, 1.54) is 12.1 Å². The molecule has 2 nitrogen and oxygen atoms in total. The van der Waals surface area contributed by atoms with E-state index in [1.807, 2.05) is 6.07 Å². The second-order valence-corrected chi connectivity index (χ2v) is 2.98. The lowest BCUT2D eigenvalue weighted by molar-refractivity contribution is 0.456. The Morgan fingerprint density at radius 3 is 2.69 bits per heavy atom. The van der Waals surface area contributed by atoms with Crippen LogP contribution in [0.15, 0.2) is 12.1 Å². The number of hydrogen-bond donors (Lipinski definition) is 1. The van der Waals surface area contributed by atoms with Crippen molar-refractivity contribution in [1.82, 2.24) is 0 Å². The van der Waals surface area contributed by atoms with Gasteiger partial charge >= 0.3 is 0 Å². The topological polar surface area (TPSA) is 44.0 Å². The van der Waals surface area contributed by atoms with Crippen LogP contribution in [0.3, 0.4) is 0 Å². The molecule has 1 N–H and O–H groups in total. The van der Waals surface area contributed by atoms with Crippen LogP contribution in [0.25, 0.3) is 0 Å². The third-order valence-electron chi connectivity index (χ3n) is 1.98. The summed E-state index contributed by atoms with van der Waals surface area (Å²) in [6, 6.07) is 4.78. The molecule has 3 heteroatoms. The van der Waals surface area contributed by atoms with Crippen molar-refractivity contribution in [3.05, 3.63) is 29.1 Å². The van der Waals surface area contributed by atoms with Gasteiger partial charge in [-0.1, -0.05) is 6.07 Å². The Kier molecular flexibility index (Phi) is 2.52. The van der Waals surface area contributed by atoms with Crippen LogP contribution >= 0.6 is 0 Å². The number of halogens is 1. The fraction of sp³-hybridized carbons (Fsp3) is 0.300. The minimum absolute atomic E-state index is 0.0856. The maximum Gasteiger partial charge on any atom is 0.134 e. The fourth-order valence-corrected chi connectivity index (χ4v) is 1.17. The first-order valence-corrected chi connectivity index (χ1v) is 3.95. The third kappa shape index (κ3) is 1.62. The summed E-state index contributed by atoms with van der Waals surface area (Å²) in [5.74, 6) is -1.27.